The highest BCUT2D eigenvalue weighted by Crippen LogP contribution is 2.44. The lowest BCUT2D eigenvalue weighted by molar-refractivity contribution is 0.386. The summed E-state index contributed by atoms with van der Waals surface area (Å²) in [6, 6.07) is 53.8. The van der Waals surface area contributed by atoms with E-state index < -0.39 is 0 Å². The van der Waals surface area contributed by atoms with Crippen LogP contribution in [0.1, 0.15) is 29.0 Å². The van der Waals surface area contributed by atoms with E-state index in [1.54, 1.807) is 0 Å². The summed E-state index contributed by atoms with van der Waals surface area (Å²) in [6.45, 7) is 0.583. The Hall–Kier alpha value is -5.34. The Labute approximate surface area is 302 Å². The maximum atomic E-state index is 6.90. The zero-order valence-corrected chi connectivity index (χ0v) is 29.2. The Morgan fingerprint density at radius 2 is 1.14 bits per heavy atom. The summed E-state index contributed by atoms with van der Waals surface area (Å²) in [5.41, 5.74) is 14.2. The summed E-state index contributed by atoms with van der Waals surface area (Å²) < 4.78 is 12.1. The topological polar surface area (TPSA) is 63.2 Å². The van der Waals surface area contributed by atoms with Crippen LogP contribution in [0.4, 0.5) is 0 Å². The summed E-state index contributed by atoms with van der Waals surface area (Å²) >= 11 is 3.68. The monoisotopic (exact) mass is 695 g/mol. The number of nitrogens with two attached hydrogens (primary N) is 1. The molecule has 0 bridgehead atoms. The van der Waals surface area contributed by atoms with Crippen molar-refractivity contribution in [3.63, 3.8) is 0 Å². The highest BCUT2D eigenvalue weighted by molar-refractivity contribution is 7.26. The van der Waals surface area contributed by atoms with E-state index in [4.69, 9.17) is 10.2 Å². The van der Waals surface area contributed by atoms with Crippen molar-refractivity contribution in [3.8, 4) is 11.1 Å². The lowest BCUT2D eigenvalue weighted by Crippen LogP contribution is -2.39. The first kappa shape index (κ1) is 30.5. The molecule has 4 nitrogen and oxygen atoms in total. The van der Waals surface area contributed by atoms with Crippen molar-refractivity contribution in [2.75, 3.05) is 0 Å². The van der Waals surface area contributed by atoms with Gasteiger partial charge in [-0.2, -0.15) is 0 Å². The summed E-state index contributed by atoms with van der Waals surface area (Å²) in [4.78, 5) is 0. The van der Waals surface area contributed by atoms with Crippen LogP contribution in [0.2, 0.25) is 0 Å². The van der Waals surface area contributed by atoms with Gasteiger partial charge in [-0.15, -0.1) is 22.7 Å². The number of rotatable bonds is 8. The molecule has 2 unspecified atom stereocenters. The Morgan fingerprint density at radius 3 is 1.96 bits per heavy atom. The molecule has 0 radical (unpaired) electrons. The smallest absolute Gasteiger partial charge is 0.143 e. The molecular weight excluding hydrogens is 663 g/mol. The summed E-state index contributed by atoms with van der Waals surface area (Å²) in [6.07, 6.45) is -0.580. The van der Waals surface area contributed by atoms with Crippen molar-refractivity contribution in [2.24, 2.45) is 5.73 Å². The van der Waals surface area contributed by atoms with E-state index in [0.717, 1.165) is 44.2 Å². The molecule has 0 fully saturated rings. The number of thiophene rings is 2. The van der Waals surface area contributed by atoms with Crippen LogP contribution in [-0.4, -0.2) is 0 Å². The lowest BCUT2D eigenvalue weighted by Gasteiger charge is -2.25. The predicted molar refractivity (Wildman–Crippen MR) is 217 cm³/mol. The molecule has 0 aliphatic heterocycles. The van der Waals surface area contributed by atoms with E-state index in [9.17, 15) is 0 Å². The quantitative estimate of drug-likeness (QED) is 0.138. The first-order valence-corrected chi connectivity index (χ1v) is 18.9. The summed E-state index contributed by atoms with van der Waals surface area (Å²) in [5, 5.41) is 14.9. The SMILES string of the molecule is NC(NC(NCc1cccc2c1oc1c(-c3cccc4c3sc3ccccc34)cccc12)c1ccc2sc3ccccc3c2c1)c1ccccc1. The van der Waals surface area contributed by atoms with Gasteiger partial charge in [0.2, 0.25) is 0 Å². The third kappa shape index (κ3) is 5.23. The van der Waals surface area contributed by atoms with Crippen molar-refractivity contribution < 1.29 is 4.42 Å². The van der Waals surface area contributed by atoms with Crippen LogP contribution in [0.3, 0.4) is 0 Å². The Balaban J connectivity index is 1.05. The lowest BCUT2D eigenvalue weighted by atomic mass is 10.00. The molecule has 3 aromatic heterocycles. The number of fused-ring (bicyclic) bond motifs is 9. The van der Waals surface area contributed by atoms with Gasteiger partial charge in [0.15, 0.2) is 0 Å². The fourth-order valence-electron chi connectivity index (χ4n) is 7.53. The third-order valence-electron chi connectivity index (χ3n) is 10.0. The molecule has 10 rings (SSSR count). The van der Waals surface area contributed by atoms with E-state index in [1.807, 2.05) is 40.9 Å². The normalized spacial score (nSPS) is 13.3. The van der Waals surface area contributed by atoms with Gasteiger partial charge in [0.05, 0.1) is 12.3 Å². The molecule has 3 heterocycles. The number of hydrogen-bond donors (Lipinski definition) is 3. The molecule has 6 heteroatoms. The molecule has 0 amide bonds. The van der Waals surface area contributed by atoms with E-state index in [-0.39, 0.29) is 12.3 Å². The van der Waals surface area contributed by atoms with Crippen molar-refractivity contribution in [1.29, 1.82) is 0 Å². The molecule has 0 spiro atoms. The first-order valence-electron chi connectivity index (χ1n) is 17.2. The molecule has 2 atom stereocenters. The van der Waals surface area contributed by atoms with Gasteiger partial charge in [-0.05, 0) is 35.4 Å². The van der Waals surface area contributed by atoms with E-state index >= 15 is 0 Å². The molecule has 0 aliphatic carbocycles. The Morgan fingerprint density at radius 1 is 0.510 bits per heavy atom. The molecule has 7 aromatic carbocycles. The maximum Gasteiger partial charge on any atom is 0.143 e. The van der Waals surface area contributed by atoms with Gasteiger partial charge in [-0.3, -0.25) is 10.6 Å². The number of furan rings is 1. The summed E-state index contributed by atoms with van der Waals surface area (Å²) in [7, 11) is 0. The van der Waals surface area contributed by atoms with Gasteiger partial charge >= 0.3 is 0 Å². The minimum atomic E-state index is -0.361. The van der Waals surface area contributed by atoms with Crippen molar-refractivity contribution in [3.05, 3.63) is 168 Å². The number of nitrogens with one attached hydrogen (secondary N) is 2. The molecule has 0 saturated carbocycles. The number of benzene rings is 7. The van der Waals surface area contributed by atoms with Crippen LogP contribution >= 0.6 is 22.7 Å². The zero-order valence-electron chi connectivity index (χ0n) is 27.6. The van der Waals surface area contributed by atoms with Gasteiger partial charge in [0.25, 0.3) is 0 Å². The van der Waals surface area contributed by atoms with E-state index in [1.165, 1.54) is 45.9 Å². The standard InChI is InChI=1S/C45H33N3OS2/c46-44(27-11-2-1-3-12-27)48-45(28-23-24-40-37(25-28)31-15-5-6-21-38(31)50-40)47-26-29-13-8-16-32-33-17-9-18-34(42(33)49-41(29)32)36-20-10-19-35-30-14-4-7-22-39(30)51-43(35)36/h1-25,44-45,47-48H,26,46H2. The van der Waals surface area contributed by atoms with Gasteiger partial charge < -0.3 is 10.2 Å². The molecular formula is C45H33N3OS2. The van der Waals surface area contributed by atoms with Crippen LogP contribution in [0, 0.1) is 0 Å². The van der Waals surface area contributed by atoms with Crippen LogP contribution < -0.4 is 16.4 Å². The number of para-hydroxylation sites is 2. The third-order valence-corrected chi connectivity index (χ3v) is 12.4. The van der Waals surface area contributed by atoms with Crippen LogP contribution in [0.15, 0.2) is 156 Å². The van der Waals surface area contributed by atoms with Gasteiger partial charge in [-0.25, -0.2) is 0 Å². The highest BCUT2D eigenvalue weighted by atomic mass is 32.1. The van der Waals surface area contributed by atoms with E-state index in [0.29, 0.717) is 6.54 Å². The van der Waals surface area contributed by atoms with Crippen molar-refractivity contribution >= 4 is 85.0 Å². The average Bonchev–Trinajstić information content (AvgIpc) is 3.88. The Bertz CT molecular complexity index is 2890. The molecule has 246 valence electrons. The van der Waals surface area contributed by atoms with Crippen LogP contribution in [0.5, 0.6) is 0 Å². The fourth-order valence-corrected chi connectivity index (χ4v) is 9.85. The average molecular weight is 696 g/mol. The van der Waals surface area contributed by atoms with Crippen molar-refractivity contribution in [2.45, 2.75) is 18.9 Å². The maximum absolute atomic E-state index is 6.90. The second-order valence-corrected chi connectivity index (χ2v) is 15.2. The molecule has 51 heavy (non-hydrogen) atoms. The van der Waals surface area contributed by atoms with Crippen LogP contribution in [0.25, 0.3) is 73.4 Å². The fraction of sp³-hybridized carbons (Fsp3) is 0.0667. The van der Waals surface area contributed by atoms with Gasteiger partial charge in [-0.1, -0.05) is 127 Å². The van der Waals surface area contributed by atoms with Crippen LogP contribution in [-0.2, 0) is 6.54 Å². The van der Waals surface area contributed by atoms with E-state index in [2.05, 4.69) is 144 Å². The zero-order chi connectivity index (χ0) is 33.9. The van der Waals surface area contributed by atoms with Gasteiger partial charge in [0.1, 0.15) is 11.2 Å². The molecule has 10 aromatic rings. The molecule has 0 aliphatic rings. The Kier molecular flexibility index (Phi) is 7.45. The largest absolute Gasteiger partial charge is 0.455 e. The highest BCUT2D eigenvalue weighted by Gasteiger charge is 2.20. The number of hydrogen-bond acceptors (Lipinski definition) is 6. The second kappa shape index (κ2) is 12.5. The molecule has 0 saturated heterocycles. The second-order valence-electron chi connectivity index (χ2n) is 13.1. The predicted octanol–water partition coefficient (Wildman–Crippen LogP) is 12.0. The van der Waals surface area contributed by atoms with Gasteiger partial charge in [0, 0.05) is 74.4 Å². The minimum Gasteiger partial charge on any atom is -0.455 e. The first-order chi connectivity index (χ1) is 25.2. The van der Waals surface area contributed by atoms with Crippen molar-refractivity contribution in [1.82, 2.24) is 10.6 Å². The molecule has 4 N–H and O–H groups in total. The minimum absolute atomic E-state index is 0.218. The summed E-state index contributed by atoms with van der Waals surface area (Å²) in [5.74, 6) is 0.